The highest BCUT2D eigenvalue weighted by Gasteiger charge is 2.19. The second-order valence-electron chi connectivity index (χ2n) is 5.36. The van der Waals surface area contributed by atoms with E-state index in [2.05, 4.69) is 15.8 Å². The number of aryl methyl sites for hydroxylation is 1. The van der Waals surface area contributed by atoms with Crippen molar-refractivity contribution in [2.24, 2.45) is 0 Å². The van der Waals surface area contributed by atoms with Crippen LogP contribution in [0.3, 0.4) is 0 Å². The third-order valence-corrected chi connectivity index (χ3v) is 5.58. The standard InChI is InChI=1S/C18H15N3O4S2/c1-11-15(27-17(19-11)13-8-5-9-26-13)18(24)25-10-14(22)20-21-16(23)12-6-3-2-4-7-12/h2-9H,10H2,1H3,(H,20,22)(H,21,23). The van der Waals surface area contributed by atoms with Crippen LogP contribution in [0.5, 0.6) is 0 Å². The van der Waals surface area contributed by atoms with E-state index in [0.717, 1.165) is 9.88 Å². The van der Waals surface area contributed by atoms with Gasteiger partial charge in [0.25, 0.3) is 11.8 Å². The van der Waals surface area contributed by atoms with Crippen LogP contribution in [0.1, 0.15) is 25.7 Å². The van der Waals surface area contributed by atoms with E-state index in [1.54, 1.807) is 37.3 Å². The van der Waals surface area contributed by atoms with Crippen molar-refractivity contribution in [3.63, 3.8) is 0 Å². The van der Waals surface area contributed by atoms with Gasteiger partial charge in [-0.05, 0) is 30.5 Å². The first-order chi connectivity index (χ1) is 13.0. The Morgan fingerprint density at radius 2 is 1.85 bits per heavy atom. The Balaban J connectivity index is 1.50. The van der Waals surface area contributed by atoms with Gasteiger partial charge in [-0.2, -0.15) is 0 Å². The first-order valence-corrected chi connectivity index (χ1v) is 9.57. The number of hydrogen-bond donors (Lipinski definition) is 2. The number of thiazole rings is 1. The predicted molar refractivity (Wildman–Crippen MR) is 102 cm³/mol. The van der Waals surface area contributed by atoms with Crippen LogP contribution in [0.25, 0.3) is 9.88 Å². The molecule has 0 saturated heterocycles. The number of ether oxygens (including phenoxy) is 1. The molecule has 0 aliphatic heterocycles. The van der Waals surface area contributed by atoms with Crippen molar-refractivity contribution >= 4 is 40.5 Å². The summed E-state index contributed by atoms with van der Waals surface area (Å²) in [5.74, 6) is -1.74. The summed E-state index contributed by atoms with van der Waals surface area (Å²) < 4.78 is 5.01. The first-order valence-electron chi connectivity index (χ1n) is 7.87. The predicted octanol–water partition coefficient (Wildman–Crippen LogP) is 2.80. The zero-order valence-corrected chi connectivity index (χ0v) is 15.9. The maximum absolute atomic E-state index is 12.2. The lowest BCUT2D eigenvalue weighted by Crippen LogP contribution is -2.43. The number of rotatable bonds is 5. The summed E-state index contributed by atoms with van der Waals surface area (Å²) in [6, 6.07) is 12.2. The van der Waals surface area contributed by atoms with E-state index in [0.29, 0.717) is 16.1 Å². The molecule has 0 atom stereocenters. The molecule has 0 saturated carbocycles. The average Bonchev–Trinajstić information content (AvgIpc) is 3.34. The molecule has 2 heterocycles. The fraction of sp³-hybridized carbons (Fsp3) is 0.111. The van der Waals surface area contributed by atoms with Gasteiger partial charge >= 0.3 is 5.97 Å². The number of carbonyl (C=O) groups is 3. The summed E-state index contributed by atoms with van der Waals surface area (Å²) in [4.78, 5) is 41.5. The minimum Gasteiger partial charge on any atom is -0.451 e. The van der Waals surface area contributed by atoms with Crippen molar-refractivity contribution < 1.29 is 19.1 Å². The molecule has 2 amide bonds. The molecule has 0 aliphatic carbocycles. The van der Waals surface area contributed by atoms with Crippen molar-refractivity contribution in [3.8, 4) is 9.88 Å². The average molecular weight is 401 g/mol. The summed E-state index contributed by atoms with van der Waals surface area (Å²) in [6.45, 7) is 1.20. The minimum absolute atomic E-state index is 0.347. The lowest BCUT2D eigenvalue weighted by molar-refractivity contribution is -0.125. The Labute approximate surface area is 163 Å². The molecular weight excluding hydrogens is 386 g/mol. The van der Waals surface area contributed by atoms with Crippen LogP contribution in [0.2, 0.25) is 0 Å². The molecule has 2 aromatic heterocycles. The van der Waals surface area contributed by atoms with Crippen LogP contribution in [0.15, 0.2) is 47.8 Å². The van der Waals surface area contributed by atoms with Gasteiger partial charge in [0.1, 0.15) is 9.88 Å². The minimum atomic E-state index is -0.645. The number of hydrazine groups is 1. The van der Waals surface area contributed by atoms with Gasteiger partial charge in [-0.1, -0.05) is 24.3 Å². The highest BCUT2D eigenvalue weighted by Crippen LogP contribution is 2.31. The molecule has 0 bridgehead atoms. The molecule has 0 fully saturated rings. The Morgan fingerprint density at radius 1 is 1.07 bits per heavy atom. The van der Waals surface area contributed by atoms with Crippen molar-refractivity contribution in [1.82, 2.24) is 15.8 Å². The molecule has 0 radical (unpaired) electrons. The largest absolute Gasteiger partial charge is 0.451 e. The number of benzene rings is 1. The molecule has 7 nitrogen and oxygen atoms in total. The molecule has 27 heavy (non-hydrogen) atoms. The second-order valence-corrected chi connectivity index (χ2v) is 7.30. The van der Waals surface area contributed by atoms with E-state index < -0.39 is 24.4 Å². The highest BCUT2D eigenvalue weighted by molar-refractivity contribution is 7.22. The summed E-state index contributed by atoms with van der Waals surface area (Å²) >= 11 is 2.74. The summed E-state index contributed by atoms with van der Waals surface area (Å²) in [7, 11) is 0. The third-order valence-electron chi connectivity index (χ3n) is 3.40. The van der Waals surface area contributed by atoms with Gasteiger partial charge < -0.3 is 4.74 Å². The molecule has 2 N–H and O–H groups in total. The topological polar surface area (TPSA) is 97.4 Å². The lowest BCUT2D eigenvalue weighted by Gasteiger charge is -2.07. The second kappa shape index (κ2) is 8.56. The van der Waals surface area contributed by atoms with Gasteiger partial charge in [-0.25, -0.2) is 9.78 Å². The van der Waals surface area contributed by atoms with Crippen LogP contribution in [0, 0.1) is 6.92 Å². The molecule has 3 rings (SSSR count). The van der Waals surface area contributed by atoms with E-state index in [9.17, 15) is 14.4 Å². The fourth-order valence-electron chi connectivity index (χ4n) is 2.11. The van der Waals surface area contributed by atoms with Crippen LogP contribution in [-0.2, 0) is 9.53 Å². The van der Waals surface area contributed by atoms with Crippen LogP contribution in [0.4, 0.5) is 0 Å². The van der Waals surface area contributed by atoms with E-state index in [1.165, 1.54) is 22.7 Å². The molecule has 3 aromatic rings. The number of nitrogens with zero attached hydrogens (tertiary/aromatic N) is 1. The normalized spacial score (nSPS) is 10.3. The Kier molecular flexibility index (Phi) is 5.94. The molecule has 0 aliphatic rings. The molecule has 0 spiro atoms. The summed E-state index contributed by atoms with van der Waals surface area (Å²) in [5.41, 5.74) is 5.41. The SMILES string of the molecule is Cc1nc(-c2cccs2)sc1C(=O)OCC(=O)NNC(=O)c1ccccc1. The summed E-state index contributed by atoms with van der Waals surface area (Å²) in [5, 5.41) is 2.66. The maximum atomic E-state index is 12.2. The third kappa shape index (κ3) is 4.78. The number of aromatic nitrogens is 1. The lowest BCUT2D eigenvalue weighted by atomic mass is 10.2. The number of nitrogens with one attached hydrogen (secondary N) is 2. The van der Waals surface area contributed by atoms with Crippen LogP contribution >= 0.6 is 22.7 Å². The number of esters is 1. The molecular formula is C18H15N3O4S2. The zero-order chi connectivity index (χ0) is 19.2. The number of amides is 2. The molecule has 1 aromatic carbocycles. The van der Waals surface area contributed by atoms with Crippen molar-refractivity contribution in [2.45, 2.75) is 6.92 Å². The van der Waals surface area contributed by atoms with E-state index >= 15 is 0 Å². The first kappa shape index (κ1) is 18.7. The molecule has 9 heteroatoms. The van der Waals surface area contributed by atoms with Crippen LogP contribution in [-0.4, -0.2) is 29.4 Å². The Bertz CT molecular complexity index is 952. The quantitative estimate of drug-likeness (QED) is 0.506. The van der Waals surface area contributed by atoms with Crippen LogP contribution < -0.4 is 10.9 Å². The van der Waals surface area contributed by atoms with Gasteiger partial charge in [-0.3, -0.25) is 20.4 Å². The molecule has 0 unspecified atom stereocenters. The van der Waals surface area contributed by atoms with Gasteiger partial charge in [-0.15, -0.1) is 22.7 Å². The fourth-order valence-corrected chi connectivity index (χ4v) is 3.87. The van der Waals surface area contributed by atoms with E-state index in [-0.39, 0.29) is 0 Å². The van der Waals surface area contributed by atoms with Crippen molar-refractivity contribution in [3.05, 3.63) is 64.0 Å². The zero-order valence-electron chi connectivity index (χ0n) is 14.2. The number of hydrogen-bond acceptors (Lipinski definition) is 7. The van der Waals surface area contributed by atoms with E-state index in [4.69, 9.17) is 4.74 Å². The van der Waals surface area contributed by atoms with Gasteiger partial charge in [0.15, 0.2) is 6.61 Å². The smallest absolute Gasteiger partial charge is 0.350 e. The van der Waals surface area contributed by atoms with Crippen molar-refractivity contribution in [2.75, 3.05) is 6.61 Å². The monoisotopic (exact) mass is 401 g/mol. The maximum Gasteiger partial charge on any atom is 0.350 e. The number of thiophene rings is 1. The van der Waals surface area contributed by atoms with Gasteiger partial charge in [0.05, 0.1) is 10.6 Å². The summed E-state index contributed by atoms with van der Waals surface area (Å²) in [6.07, 6.45) is 0. The number of carbonyl (C=O) groups excluding carboxylic acids is 3. The molecule has 138 valence electrons. The van der Waals surface area contributed by atoms with E-state index in [1.807, 2.05) is 17.5 Å². The Morgan fingerprint density at radius 3 is 2.56 bits per heavy atom. The van der Waals surface area contributed by atoms with Gasteiger partial charge in [0, 0.05) is 5.56 Å². The van der Waals surface area contributed by atoms with Crippen molar-refractivity contribution in [1.29, 1.82) is 0 Å². The highest BCUT2D eigenvalue weighted by atomic mass is 32.1. The van der Waals surface area contributed by atoms with Gasteiger partial charge in [0.2, 0.25) is 0 Å². The Hall–Kier alpha value is -3.04.